The Morgan fingerprint density at radius 3 is 1.25 bits per heavy atom. The van der Waals surface area contributed by atoms with E-state index in [1.807, 2.05) is 0 Å². The summed E-state index contributed by atoms with van der Waals surface area (Å²) in [6, 6.07) is 12.6. The molecule has 0 saturated heterocycles. The van der Waals surface area contributed by atoms with Gasteiger partial charge in [0.25, 0.3) is 0 Å². The lowest BCUT2D eigenvalue weighted by molar-refractivity contribution is 0.0800. The molecule has 3 rings (SSSR count). The molecule has 186 valence electrons. The van der Waals surface area contributed by atoms with Crippen molar-refractivity contribution >= 4 is 23.1 Å². The van der Waals surface area contributed by atoms with E-state index in [2.05, 4.69) is 0 Å². The predicted molar refractivity (Wildman–Crippen MR) is 129 cm³/mol. The van der Waals surface area contributed by atoms with Gasteiger partial charge in [0.1, 0.15) is 17.2 Å². The topological polar surface area (TPSA) is 114 Å². The van der Waals surface area contributed by atoms with Crippen LogP contribution in [-0.4, -0.2) is 58.7 Å². The van der Waals surface area contributed by atoms with Gasteiger partial charge in [-0.1, -0.05) is 0 Å². The maximum absolute atomic E-state index is 13.4. The van der Waals surface area contributed by atoms with Crippen molar-refractivity contribution in [2.24, 2.45) is 0 Å². The number of Topliss-reactive ketones (excluding diaryl/α,β-unsaturated/α-hetero) is 4. The molecular weight excluding hydrogens is 468 g/mol. The summed E-state index contributed by atoms with van der Waals surface area (Å²) in [6.07, 6.45) is 0. The minimum Gasteiger partial charge on any atom is -0.497 e. The van der Waals surface area contributed by atoms with E-state index >= 15 is 0 Å². The summed E-state index contributed by atoms with van der Waals surface area (Å²) in [5.41, 5.74) is -0.559. The van der Waals surface area contributed by atoms with Gasteiger partial charge in [0.05, 0.1) is 35.5 Å². The molecule has 0 aliphatic heterocycles. The van der Waals surface area contributed by atoms with Crippen molar-refractivity contribution in [1.29, 1.82) is 0 Å². The second-order valence-corrected chi connectivity index (χ2v) is 7.40. The normalized spacial score (nSPS) is 10.2. The third kappa shape index (κ3) is 5.20. The van der Waals surface area contributed by atoms with Gasteiger partial charge < -0.3 is 23.7 Å². The smallest absolute Gasteiger partial charge is 0.234 e. The number of rotatable bonds is 11. The Labute approximate surface area is 207 Å². The van der Waals surface area contributed by atoms with Crippen LogP contribution in [0.25, 0.3) is 0 Å². The molecule has 0 aliphatic carbocycles. The van der Waals surface area contributed by atoms with E-state index in [-0.39, 0.29) is 33.8 Å². The highest BCUT2D eigenvalue weighted by molar-refractivity contribution is 6.54. The van der Waals surface area contributed by atoms with Crippen molar-refractivity contribution in [1.82, 2.24) is 0 Å². The molecule has 0 aliphatic rings. The lowest BCUT2D eigenvalue weighted by Crippen LogP contribution is -2.22. The van der Waals surface area contributed by atoms with Crippen LogP contribution < -0.4 is 23.7 Å². The van der Waals surface area contributed by atoms with Gasteiger partial charge in [0, 0.05) is 28.3 Å². The quantitative estimate of drug-likeness (QED) is 0.291. The van der Waals surface area contributed by atoms with Crippen LogP contribution in [0, 0.1) is 0 Å². The Bertz CT molecular complexity index is 1300. The second-order valence-electron chi connectivity index (χ2n) is 7.40. The van der Waals surface area contributed by atoms with E-state index in [4.69, 9.17) is 23.7 Å². The van der Waals surface area contributed by atoms with Crippen LogP contribution in [0.5, 0.6) is 28.7 Å². The number of carbonyl (C=O) groups excluding carboxylic acids is 4. The molecular formula is C27H24O9. The molecule has 0 radical (unpaired) electrons. The summed E-state index contributed by atoms with van der Waals surface area (Å²) < 4.78 is 25.9. The largest absolute Gasteiger partial charge is 0.497 e. The molecule has 0 bridgehead atoms. The number of hydrogen-bond donors (Lipinski definition) is 0. The maximum atomic E-state index is 13.4. The fraction of sp³-hybridized carbons (Fsp3) is 0.185. The lowest BCUT2D eigenvalue weighted by Gasteiger charge is -2.14. The highest BCUT2D eigenvalue weighted by atomic mass is 16.5. The molecule has 0 heterocycles. The summed E-state index contributed by atoms with van der Waals surface area (Å²) in [5, 5.41) is 0. The molecule has 0 unspecified atom stereocenters. The number of hydrogen-bond acceptors (Lipinski definition) is 9. The zero-order chi connectivity index (χ0) is 26.4. The van der Waals surface area contributed by atoms with Crippen LogP contribution in [0.2, 0.25) is 0 Å². The van der Waals surface area contributed by atoms with Crippen molar-refractivity contribution in [3.8, 4) is 28.7 Å². The molecule has 9 heteroatoms. The lowest BCUT2D eigenvalue weighted by atomic mass is 9.91. The second kappa shape index (κ2) is 11.2. The monoisotopic (exact) mass is 492 g/mol. The van der Waals surface area contributed by atoms with Crippen molar-refractivity contribution in [2.45, 2.75) is 0 Å². The number of methoxy groups -OCH3 is 5. The Morgan fingerprint density at radius 1 is 0.444 bits per heavy atom. The highest BCUT2D eigenvalue weighted by Crippen LogP contribution is 2.33. The van der Waals surface area contributed by atoms with Crippen LogP contribution in [0.4, 0.5) is 0 Å². The van der Waals surface area contributed by atoms with Crippen LogP contribution >= 0.6 is 0 Å². The van der Waals surface area contributed by atoms with Crippen LogP contribution in [0.1, 0.15) is 41.4 Å². The molecule has 0 saturated carbocycles. The van der Waals surface area contributed by atoms with E-state index in [0.29, 0.717) is 17.2 Å². The minimum absolute atomic E-state index is 0.0223. The van der Waals surface area contributed by atoms with Gasteiger partial charge in [0.15, 0.2) is 11.5 Å². The summed E-state index contributed by atoms with van der Waals surface area (Å²) >= 11 is 0. The van der Waals surface area contributed by atoms with Gasteiger partial charge in [-0.2, -0.15) is 0 Å². The molecule has 0 atom stereocenters. The average Bonchev–Trinajstić information content (AvgIpc) is 2.94. The first kappa shape index (κ1) is 26.0. The number of ether oxygens (including phenoxy) is 5. The Kier molecular flexibility index (Phi) is 8.06. The highest BCUT2D eigenvalue weighted by Gasteiger charge is 2.30. The van der Waals surface area contributed by atoms with Gasteiger partial charge in [-0.15, -0.1) is 0 Å². The van der Waals surface area contributed by atoms with E-state index in [0.717, 1.165) is 0 Å². The van der Waals surface area contributed by atoms with E-state index in [1.165, 1.54) is 84.1 Å². The van der Waals surface area contributed by atoms with Crippen LogP contribution in [0.3, 0.4) is 0 Å². The molecule has 0 spiro atoms. The van der Waals surface area contributed by atoms with Gasteiger partial charge in [-0.05, 0) is 48.5 Å². The molecule has 0 N–H and O–H groups in total. The number of ketones is 4. The molecule has 36 heavy (non-hydrogen) atoms. The Balaban J connectivity index is 2.10. The summed E-state index contributed by atoms with van der Waals surface area (Å²) in [6.45, 7) is 0. The molecule has 9 nitrogen and oxygen atoms in total. The average molecular weight is 492 g/mol. The van der Waals surface area contributed by atoms with Crippen LogP contribution in [0.15, 0.2) is 54.6 Å². The minimum atomic E-state index is -1.03. The SMILES string of the molecule is COc1ccc(C(=O)C(=O)c2cc(OC)c(OC)cc2C(=O)C(=O)c2cc(OC)cc(OC)c2)cc1. The summed E-state index contributed by atoms with van der Waals surface area (Å²) in [5.74, 6) is -2.55. The fourth-order valence-corrected chi connectivity index (χ4v) is 3.44. The third-order valence-electron chi connectivity index (χ3n) is 5.39. The van der Waals surface area contributed by atoms with Crippen molar-refractivity contribution < 1.29 is 42.9 Å². The first-order valence-corrected chi connectivity index (χ1v) is 10.6. The van der Waals surface area contributed by atoms with Crippen molar-refractivity contribution in [2.75, 3.05) is 35.5 Å². The van der Waals surface area contributed by atoms with E-state index in [1.54, 1.807) is 6.07 Å². The molecule has 0 fully saturated rings. The Hall–Kier alpha value is -4.66. The van der Waals surface area contributed by atoms with Gasteiger partial charge in [-0.25, -0.2) is 0 Å². The molecule has 0 amide bonds. The summed E-state index contributed by atoms with van der Waals surface area (Å²) in [4.78, 5) is 52.8. The Morgan fingerprint density at radius 2 is 0.861 bits per heavy atom. The fourth-order valence-electron chi connectivity index (χ4n) is 3.44. The first-order valence-electron chi connectivity index (χ1n) is 10.6. The van der Waals surface area contributed by atoms with Gasteiger partial charge in [0.2, 0.25) is 23.1 Å². The summed E-state index contributed by atoms with van der Waals surface area (Å²) in [7, 11) is 6.96. The van der Waals surface area contributed by atoms with Crippen molar-refractivity contribution in [3.63, 3.8) is 0 Å². The molecule has 0 aromatic heterocycles. The molecule has 3 aromatic rings. The standard InChI is InChI=1S/C27H24O9/c1-32-17-8-6-15(7-9-17)24(28)26(30)20-13-22(35-4)23(36-5)14-21(20)27(31)25(29)16-10-18(33-2)12-19(11-16)34-3/h6-14H,1-5H3. The van der Waals surface area contributed by atoms with E-state index in [9.17, 15) is 19.2 Å². The zero-order valence-corrected chi connectivity index (χ0v) is 20.4. The van der Waals surface area contributed by atoms with Crippen molar-refractivity contribution in [3.05, 3.63) is 76.9 Å². The maximum Gasteiger partial charge on any atom is 0.234 e. The number of benzene rings is 3. The van der Waals surface area contributed by atoms with Crippen LogP contribution in [-0.2, 0) is 0 Å². The first-order chi connectivity index (χ1) is 17.3. The predicted octanol–water partition coefficient (Wildman–Crippen LogP) is 3.86. The van der Waals surface area contributed by atoms with Gasteiger partial charge in [-0.3, -0.25) is 19.2 Å². The van der Waals surface area contributed by atoms with Gasteiger partial charge >= 0.3 is 0 Å². The van der Waals surface area contributed by atoms with E-state index < -0.39 is 23.1 Å². The zero-order valence-electron chi connectivity index (χ0n) is 20.4. The number of carbonyl (C=O) groups is 4. The third-order valence-corrected chi connectivity index (χ3v) is 5.39. The molecule has 3 aromatic carbocycles.